The Hall–Kier alpha value is -4.53. The highest BCUT2D eigenvalue weighted by Crippen LogP contribution is 2.56. The lowest BCUT2D eigenvalue weighted by Gasteiger charge is -2.32. The minimum atomic E-state index is -3.76. The summed E-state index contributed by atoms with van der Waals surface area (Å²) in [6.45, 7) is -0.139. The summed E-state index contributed by atoms with van der Waals surface area (Å²) in [5, 5.41) is 43.2. The number of halogens is 2. The van der Waals surface area contributed by atoms with E-state index in [1.807, 2.05) is 30.3 Å². The number of nitrogens with zero attached hydrogens (tertiary/aromatic N) is 4. The van der Waals surface area contributed by atoms with Gasteiger partial charge in [0.15, 0.2) is 28.8 Å². The predicted molar refractivity (Wildman–Crippen MR) is 164 cm³/mol. The highest BCUT2D eigenvalue weighted by Gasteiger charge is 2.64. The lowest BCUT2D eigenvalue weighted by molar-refractivity contribution is -0.226. The molecule has 0 saturated carbocycles. The fourth-order valence-electron chi connectivity index (χ4n) is 6.34. The number of rotatable bonds is 9. The quantitative estimate of drug-likeness (QED) is 0.187. The van der Waals surface area contributed by atoms with Crippen molar-refractivity contribution in [2.75, 3.05) is 13.7 Å². The van der Waals surface area contributed by atoms with Crippen LogP contribution >= 0.6 is 0 Å². The Balaban J connectivity index is 1.05. The molecule has 6 atom stereocenters. The van der Waals surface area contributed by atoms with E-state index in [1.165, 1.54) is 30.1 Å². The van der Waals surface area contributed by atoms with Crippen LogP contribution in [0.5, 0.6) is 11.6 Å². The summed E-state index contributed by atoms with van der Waals surface area (Å²) < 4.78 is 49.1. The number of aliphatic hydroxyl groups is 4. The van der Waals surface area contributed by atoms with Crippen LogP contribution in [0, 0.1) is 0 Å². The fourth-order valence-corrected chi connectivity index (χ4v) is 6.34. The number of imidazole rings is 1. The van der Waals surface area contributed by atoms with Crippen molar-refractivity contribution in [2.24, 2.45) is 0 Å². The fraction of sp³-hybridized carbons (Fsp3) is 0.324. The average molecular weight is 647 g/mol. The number of aromatic nitrogens is 4. The van der Waals surface area contributed by atoms with E-state index in [1.54, 1.807) is 36.4 Å². The summed E-state index contributed by atoms with van der Waals surface area (Å²) >= 11 is 0. The van der Waals surface area contributed by atoms with Crippen LogP contribution in [0.1, 0.15) is 35.4 Å². The molecule has 47 heavy (non-hydrogen) atoms. The summed E-state index contributed by atoms with van der Waals surface area (Å²) in [7, 11) is 1.47. The standard InChI is InChI=1S/C34H32F2N4O7/c1-45-31-25-30(38-29(39-31)20-9-3-2-4-10-20)40(18-37-25)32-27(42)26(41)24(47-32)17-46-21-11-7-8-19(16-21)14-15-33(44)23-13-6-5-12-22(23)28(43)34(33,35)36/h2-13,16,18,24,26-28,32,41-44H,14-15,17H2,1H3/t24-,26-,27-,28?,32-,33+/m1/s1. The maximum Gasteiger partial charge on any atom is 0.309 e. The van der Waals surface area contributed by atoms with E-state index >= 15 is 8.78 Å². The topological polar surface area (TPSA) is 152 Å². The Kier molecular flexibility index (Phi) is 7.89. The van der Waals surface area contributed by atoms with Crippen LogP contribution in [0.15, 0.2) is 85.2 Å². The molecule has 2 aromatic heterocycles. The van der Waals surface area contributed by atoms with Crippen molar-refractivity contribution in [1.82, 2.24) is 19.5 Å². The maximum absolute atomic E-state index is 15.1. The lowest BCUT2D eigenvalue weighted by Crippen LogP contribution is -2.44. The predicted octanol–water partition coefficient (Wildman–Crippen LogP) is 3.70. The van der Waals surface area contributed by atoms with Crippen LogP contribution < -0.4 is 9.47 Å². The van der Waals surface area contributed by atoms with Gasteiger partial charge in [-0.3, -0.25) is 4.57 Å². The third kappa shape index (κ3) is 5.20. The van der Waals surface area contributed by atoms with Crippen LogP contribution in [0.2, 0.25) is 0 Å². The molecule has 0 amide bonds. The van der Waals surface area contributed by atoms with Gasteiger partial charge >= 0.3 is 5.92 Å². The summed E-state index contributed by atoms with van der Waals surface area (Å²) in [4.78, 5) is 13.5. The first-order chi connectivity index (χ1) is 22.6. The molecule has 3 heterocycles. The van der Waals surface area contributed by atoms with E-state index < -0.39 is 42.2 Å². The molecule has 0 bridgehead atoms. The second-order valence-electron chi connectivity index (χ2n) is 11.7. The molecule has 1 saturated heterocycles. The molecule has 1 unspecified atom stereocenters. The highest BCUT2D eigenvalue weighted by atomic mass is 19.3. The Labute approximate surface area is 267 Å². The molecular weight excluding hydrogens is 614 g/mol. The molecule has 244 valence electrons. The van der Waals surface area contributed by atoms with Gasteiger partial charge < -0.3 is 34.6 Å². The molecule has 2 aliphatic rings. The molecule has 4 N–H and O–H groups in total. The van der Waals surface area contributed by atoms with Gasteiger partial charge in [-0.15, -0.1) is 0 Å². The SMILES string of the molecule is COc1nc(-c2ccccc2)nc2c1ncn2[C@@H]1O[C@H](COc2cccc(CC[C@]3(O)c4ccccc4C(O)C3(F)F)c2)[C@@H](O)[C@H]1O. The first kappa shape index (κ1) is 31.1. The highest BCUT2D eigenvalue weighted by molar-refractivity contribution is 5.79. The largest absolute Gasteiger partial charge is 0.491 e. The van der Waals surface area contributed by atoms with Gasteiger partial charge in [0.25, 0.3) is 0 Å². The van der Waals surface area contributed by atoms with Crippen molar-refractivity contribution in [3.8, 4) is 23.0 Å². The van der Waals surface area contributed by atoms with Crippen LogP contribution in [0.3, 0.4) is 0 Å². The van der Waals surface area contributed by atoms with Gasteiger partial charge in [-0.1, -0.05) is 66.7 Å². The van der Waals surface area contributed by atoms with Gasteiger partial charge in [-0.05, 0) is 41.7 Å². The molecular formula is C34H32F2N4O7. The third-order valence-corrected chi connectivity index (χ3v) is 8.91. The van der Waals surface area contributed by atoms with E-state index in [0.717, 1.165) is 5.56 Å². The average Bonchev–Trinajstić information content (AvgIpc) is 3.69. The Morgan fingerprint density at radius 1 is 0.936 bits per heavy atom. The summed E-state index contributed by atoms with van der Waals surface area (Å²) in [6.07, 6.45) is -5.59. The number of fused-ring (bicyclic) bond motifs is 2. The van der Waals surface area contributed by atoms with E-state index in [2.05, 4.69) is 15.0 Å². The molecule has 1 aliphatic carbocycles. The summed E-state index contributed by atoms with van der Waals surface area (Å²) in [5.41, 5.74) is -0.463. The lowest BCUT2D eigenvalue weighted by atomic mass is 9.86. The number of aliphatic hydroxyl groups excluding tert-OH is 3. The molecule has 5 aromatic rings. The number of aryl methyl sites for hydroxylation is 1. The molecule has 3 aromatic carbocycles. The van der Waals surface area contributed by atoms with E-state index in [4.69, 9.17) is 14.2 Å². The van der Waals surface area contributed by atoms with Crippen molar-refractivity contribution in [2.45, 2.75) is 55.0 Å². The first-order valence-electron chi connectivity index (χ1n) is 15.1. The Morgan fingerprint density at radius 3 is 2.49 bits per heavy atom. The Morgan fingerprint density at radius 2 is 1.70 bits per heavy atom. The smallest absolute Gasteiger partial charge is 0.309 e. The van der Waals surface area contributed by atoms with E-state index in [-0.39, 0.29) is 36.5 Å². The van der Waals surface area contributed by atoms with Crippen molar-refractivity contribution < 1.29 is 43.4 Å². The second-order valence-corrected chi connectivity index (χ2v) is 11.7. The van der Waals surface area contributed by atoms with Crippen LogP contribution in [0.4, 0.5) is 8.78 Å². The Bertz CT molecular complexity index is 1910. The molecule has 1 fully saturated rings. The second kappa shape index (κ2) is 11.9. The first-order valence-corrected chi connectivity index (χ1v) is 15.1. The van der Waals surface area contributed by atoms with Gasteiger partial charge in [0.05, 0.1) is 13.4 Å². The van der Waals surface area contributed by atoms with Crippen LogP contribution in [-0.2, 0) is 16.8 Å². The normalized spacial score (nSPS) is 26.4. The van der Waals surface area contributed by atoms with Crippen molar-refractivity contribution in [3.05, 3.63) is 102 Å². The van der Waals surface area contributed by atoms with E-state index in [0.29, 0.717) is 28.3 Å². The number of benzene rings is 3. The third-order valence-electron chi connectivity index (χ3n) is 8.91. The minimum absolute atomic E-state index is 0.0113. The van der Waals surface area contributed by atoms with E-state index in [9.17, 15) is 20.4 Å². The van der Waals surface area contributed by atoms with Gasteiger partial charge in [0.1, 0.15) is 36.8 Å². The number of hydrogen-bond donors (Lipinski definition) is 4. The zero-order chi connectivity index (χ0) is 32.9. The number of ether oxygens (including phenoxy) is 3. The summed E-state index contributed by atoms with van der Waals surface area (Å²) in [5.74, 6) is -2.77. The molecule has 0 spiro atoms. The van der Waals surface area contributed by atoms with Crippen molar-refractivity contribution in [1.29, 1.82) is 0 Å². The van der Waals surface area contributed by atoms with Gasteiger partial charge in [-0.2, -0.15) is 13.8 Å². The van der Waals surface area contributed by atoms with Crippen molar-refractivity contribution in [3.63, 3.8) is 0 Å². The van der Waals surface area contributed by atoms with Crippen LogP contribution in [-0.4, -0.2) is 77.9 Å². The molecule has 0 radical (unpaired) electrons. The number of hydrogen-bond acceptors (Lipinski definition) is 10. The zero-order valence-electron chi connectivity index (χ0n) is 25.1. The number of alkyl halides is 2. The monoisotopic (exact) mass is 646 g/mol. The summed E-state index contributed by atoms with van der Waals surface area (Å²) in [6, 6.07) is 21.9. The van der Waals surface area contributed by atoms with Gasteiger partial charge in [-0.25, -0.2) is 9.97 Å². The van der Waals surface area contributed by atoms with Crippen molar-refractivity contribution >= 4 is 11.2 Å². The molecule has 7 rings (SSSR count). The minimum Gasteiger partial charge on any atom is -0.491 e. The molecule has 13 heteroatoms. The number of methoxy groups -OCH3 is 1. The molecule has 11 nitrogen and oxygen atoms in total. The zero-order valence-corrected chi connectivity index (χ0v) is 25.1. The maximum atomic E-state index is 15.1. The van der Waals surface area contributed by atoms with Crippen LogP contribution in [0.25, 0.3) is 22.6 Å². The molecule has 1 aliphatic heterocycles. The van der Waals surface area contributed by atoms with Gasteiger partial charge in [0, 0.05) is 5.56 Å². The van der Waals surface area contributed by atoms with Gasteiger partial charge in [0.2, 0.25) is 5.88 Å².